The van der Waals surface area contributed by atoms with Crippen molar-refractivity contribution in [3.63, 3.8) is 0 Å². The van der Waals surface area contributed by atoms with Gasteiger partial charge in [-0.25, -0.2) is 0 Å². The van der Waals surface area contributed by atoms with E-state index in [1.54, 1.807) is 25.7 Å². The fraction of sp³-hybridized carbons (Fsp3) is 1.00. The molecule has 3 saturated carbocycles. The van der Waals surface area contributed by atoms with Crippen molar-refractivity contribution in [2.24, 2.45) is 23.7 Å². The topological polar surface area (TPSA) is 0 Å². The molecule has 0 saturated heterocycles. The quantitative estimate of drug-likeness (QED) is 0.445. The first-order chi connectivity index (χ1) is 3.95. The third-order valence-corrected chi connectivity index (χ3v) is 3.62. The van der Waals surface area contributed by atoms with Crippen LogP contribution in [0.15, 0.2) is 0 Å². The van der Waals surface area contributed by atoms with Crippen LogP contribution in [-0.4, -0.2) is 0 Å². The summed E-state index contributed by atoms with van der Waals surface area (Å²) >= 11 is 0. The Morgan fingerprint density at radius 3 is 1.75 bits per heavy atom. The first-order valence-electron chi connectivity index (χ1n) is 3.95. The maximum atomic E-state index is 1.62. The van der Waals surface area contributed by atoms with E-state index >= 15 is 0 Å². The van der Waals surface area contributed by atoms with E-state index in [-0.39, 0.29) is 0 Å². The Hall–Kier alpha value is 0. The molecule has 0 heterocycles. The van der Waals surface area contributed by atoms with Gasteiger partial charge in [0, 0.05) is 0 Å². The van der Waals surface area contributed by atoms with Crippen molar-refractivity contribution in [1.29, 1.82) is 0 Å². The van der Waals surface area contributed by atoms with Crippen molar-refractivity contribution in [2.45, 2.75) is 25.7 Å². The second kappa shape index (κ2) is 0.984. The summed E-state index contributed by atoms with van der Waals surface area (Å²) in [5, 5.41) is 0. The average Bonchev–Trinajstić information content (AvgIpc) is 2.39. The smallest absolute Gasteiger partial charge is 0.0352 e. The molecule has 3 unspecified atom stereocenters. The lowest BCUT2D eigenvalue weighted by atomic mass is 10.0. The summed E-state index contributed by atoms with van der Waals surface area (Å²) in [6.45, 7) is 0. The highest BCUT2D eigenvalue weighted by Crippen LogP contribution is 2.65. The van der Waals surface area contributed by atoms with Crippen LogP contribution < -0.4 is 0 Å². The van der Waals surface area contributed by atoms with Gasteiger partial charge >= 0.3 is 0 Å². The summed E-state index contributed by atoms with van der Waals surface area (Å²) in [7, 11) is 0. The van der Waals surface area contributed by atoms with Gasteiger partial charge in [-0.2, -0.15) is 0 Å². The Kier molecular flexibility index (Phi) is 0.482. The van der Waals surface area contributed by atoms with Gasteiger partial charge in [-0.05, 0) is 49.4 Å². The molecule has 0 N–H and O–H groups in total. The lowest BCUT2D eigenvalue weighted by Gasteiger charge is -2.04. The van der Waals surface area contributed by atoms with Gasteiger partial charge in [-0.15, -0.1) is 0 Å². The molecular weight excluding hydrogens is 96.1 g/mol. The van der Waals surface area contributed by atoms with E-state index in [1.165, 1.54) is 23.7 Å². The highest BCUT2D eigenvalue weighted by Gasteiger charge is 2.56. The SMILES string of the molecule is C1CC2CC1C1C[C@@H]21. The molecule has 0 nitrogen and oxygen atoms in total. The third kappa shape index (κ3) is 0.284. The molecular formula is C8H12. The van der Waals surface area contributed by atoms with E-state index in [2.05, 4.69) is 0 Å². The normalized spacial score (nSPS) is 66.0. The van der Waals surface area contributed by atoms with Crippen LogP contribution in [0.4, 0.5) is 0 Å². The first kappa shape index (κ1) is 3.92. The van der Waals surface area contributed by atoms with Crippen LogP contribution >= 0.6 is 0 Å². The Morgan fingerprint density at radius 1 is 0.750 bits per heavy atom. The van der Waals surface area contributed by atoms with Crippen molar-refractivity contribution < 1.29 is 0 Å². The molecule has 0 aliphatic heterocycles. The highest BCUT2D eigenvalue weighted by atomic mass is 14.6. The van der Waals surface area contributed by atoms with Gasteiger partial charge in [0.05, 0.1) is 0 Å². The minimum Gasteiger partial charge on any atom is -0.0499 e. The van der Waals surface area contributed by atoms with Crippen LogP contribution in [-0.2, 0) is 0 Å². The molecule has 0 heteroatoms. The molecule has 8 heavy (non-hydrogen) atoms. The largest absolute Gasteiger partial charge is 0.0499 e. The Balaban J connectivity index is 2.02. The molecule has 0 radical (unpaired) electrons. The Bertz CT molecular complexity index is 114. The van der Waals surface area contributed by atoms with E-state index in [1.807, 2.05) is 0 Å². The maximum absolute atomic E-state index is 1.62. The van der Waals surface area contributed by atoms with Crippen LogP contribution in [0.2, 0.25) is 0 Å². The second-order valence-corrected chi connectivity index (χ2v) is 3.90. The van der Waals surface area contributed by atoms with E-state index in [0.29, 0.717) is 0 Å². The lowest BCUT2D eigenvalue weighted by molar-refractivity contribution is 0.456. The third-order valence-electron chi connectivity index (χ3n) is 3.62. The molecule has 0 amide bonds. The fourth-order valence-corrected chi connectivity index (χ4v) is 3.15. The molecule has 0 aromatic carbocycles. The predicted octanol–water partition coefficient (Wildman–Crippen LogP) is 2.05. The number of rotatable bonds is 0. The molecule has 0 aromatic rings. The number of fused-ring (bicyclic) bond motifs is 5. The molecule has 3 fully saturated rings. The van der Waals surface area contributed by atoms with Crippen LogP contribution in [0.1, 0.15) is 25.7 Å². The van der Waals surface area contributed by atoms with E-state index < -0.39 is 0 Å². The molecule has 3 aliphatic rings. The summed E-state index contributed by atoms with van der Waals surface area (Å²) in [6.07, 6.45) is 6.42. The monoisotopic (exact) mass is 108 g/mol. The van der Waals surface area contributed by atoms with Gasteiger partial charge in [0.25, 0.3) is 0 Å². The zero-order valence-electron chi connectivity index (χ0n) is 5.14. The average molecular weight is 108 g/mol. The molecule has 4 atom stereocenters. The van der Waals surface area contributed by atoms with Crippen LogP contribution in [0, 0.1) is 23.7 Å². The van der Waals surface area contributed by atoms with Crippen molar-refractivity contribution in [1.82, 2.24) is 0 Å². The predicted molar refractivity (Wildman–Crippen MR) is 32.4 cm³/mol. The van der Waals surface area contributed by atoms with E-state index in [4.69, 9.17) is 0 Å². The van der Waals surface area contributed by atoms with Crippen molar-refractivity contribution in [2.75, 3.05) is 0 Å². The Labute approximate surface area is 50.3 Å². The number of hydrogen-bond donors (Lipinski definition) is 0. The van der Waals surface area contributed by atoms with E-state index in [0.717, 1.165) is 0 Å². The molecule has 2 bridgehead atoms. The summed E-state index contributed by atoms with van der Waals surface area (Å²) in [4.78, 5) is 0. The summed E-state index contributed by atoms with van der Waals surface area (Å²) in [6, 6.07) is 0. The fourth-order valence-electron chi connectivity index (χ4n) is 3.15. The summed E-state index contributed by atoms with van der Waals surface area (Å²) in [5.74, 6) is 4.91. The zero-order chi connectivity index (χ0) is 5.14. The maximum Gasteiger partial charge on any atom is -0.0352 e. The summed E-state index contributed by atoms with van der Waals surface area (Å²) < 4.78 is 0. The van der Waals surface area contributed by atoms with Gasteiger partial charge in [0.1, 0.15) is 0 Å². The highest BCUT2D eigenvalue weighted by molar-refractivity contribution is 5.06. The standard InChI is InChI=1S/C8H12/c1-2-6-3-5(1)7-4-8(6)7/h5-8H,1-4H2/t5?,6?,7-,8?/m0/s1. The van der Waals surface area contributed by atoms with Crippen LogP contribution in [0.5, 0.6) is 0 Å². The minimum absolute atomic E-state index is 1.21. The van der Waals surface area contributed by atoms with Gasteiger partial charge in [0.15, 0.2) is 0 Å². The first-order valence-corrected chi connectivity index (χ1v) is 3.95. The summed E-state index contributed by atoms with van der Waals surface area (Å²) in [5.41, 5.74) is 0. The lowest BCUT2D eigenvalue weighted by Crippen LogP contribution is -1.95. The molecule has 3 rings (SSSR count). The molecule has 0 aromatic heterocycles. The van der Waals surface area contributed by atoms with Gasteiger partial charge < -0.3 is 0 Å². The van der Waals surface area contributed by atoms with E-state index in [9.17, 15) is 0 Å². The van der Waals surface area contributed by atoms with Gasteiger partial charge in [0.2, 0.25) is 0 Å². The van der Waals surface area contributed by atoms with Crippen molar-refractivity contribution in [3.8, 4) is 0 Å². The Morgan fingerprint density at radius 2 is 1.38 bits per heavy atom. The van der Waals surface area contributed by atoms with Crippen molar-refractivity contribution >= 4 is 0 Å². The zero-order valence-corrected chi connectivity index (χ0v) is 5.14. The molecule has 44 valence electrons. The van der Waals surface area contributed by atoms with Gasteiger partial charge in [-0.1, -0.05) is 0 Å². The second-order valence-electron chi connectivity index (χ2n) is 3.90. The number of hydrogen-bond acceptors (Lipinski definition) is 0. The van der Waals surface area contributed by atoms with Crippen molar-refractivity contribution in [3.05, 3.63) is 0 Å². The van der Waals surface area contributed by atoms with Gasteiger partial charge in [-0.3, -0.25) is 0 Å². The molecule has 0 spiro atoms. The van der Waals surface area contributed by atoms with Crippen LogP contribution in [0.25, 0.3) is 0 Å². The van der Waals surface area contributed by atoms with Crippen LogP contribution in [0.3, 0.4) is 0 Å². The molecule has 3 aliphatic carbocycles. The minimum atomic E-state index is 1.21.